The highest BCUT2D eigenvalue weighted by Crippen LogP contribution is 2.45. The van der Waals surface area contributed by atoms with Gasteiger partial charge in [-0.25, -0.2) is 0 Å². The van der Waals surface area contributed by atoms with E-state index in [9.17, 15) is 14.7 Å². The molecule has 2 fully saturated rings. The van der Waals surface area contributed by atoms with Crippen molar-refractivity contribution in [3.05, 3.63) is 22.6 Å². The molecule has 3 rings (SSSR count). The summed E-state index contributed by atoms with van der Waals surface area (Å²) in [6.07, 6.45) is 4.10. The van der Waals surface area contributed by atoms with Crippen LogP contribution in [0.3, 0.4) is 0 Å². The van der Waals surface area contributed by atoms with Crippen LogP contribution in [0.1, 0.15) is 37.5 Å². The number of piperidine rings is 1. The summed E-state index contributed by atoms with van der Waals surface area (Å²) >= 11 is 3.37. The maximum absolute atomic E-state index is 12.1. The molecule has 1 saturated heterocycles. The fourth-order valence-electron chi connectivity index (χ4n) is 2.78. The van der Waals surface area contributed by atoms with E-state index in [4.69, 9.17) is 4.42 Å². The van der Waals surface area contributed by atoms with Crippen LogP contribution in [0.4, 0.5) is 0 Å². The van der Waals surface area contributed by atoms with Crippen LogP contribution in [0.25, 0.3) is 0 Å². The fourth-order valence-corrected chi connectivity index (χ4v) is 3.22. The molecule has 1 aliphatic carbocycles. The topological polar surface area (TPSA) is 70.8 Å². The van der Waals surface area contributed by atoms with E-state index in [2.05, 4.69) is 15.9 Å². The van der Waals surface area contributed by atoms with Crippen LogP contribution in [0.15, 0.2) is 21.2 Å². The molecule has 1 aliphatic heterocycles. The lowest BCUT2D eigenvalue weighted by atomic mass is 9.87. The molecule has 0 aromatic carbocycles. The second kappa shape index (κ2) is 4.67. The molecule has 19 heavy (non-hydrogen) atoms. The molecule has 2 heterocycles. The summed E-state index contributed by atoms with van der Waals surface area (Å²) in [6.45, 7) is 0. The lowest BCUT2D eigenvalue weighted by molar-refractivity contribution is -0.153. The Balaban J connectivity index is 2.02. The number of amides is 1. The number of carboxylic acids is 1. The maximum Gasteiger partial charge on any atom is 0.309 e. The largest absolute Gasteiger partial charge is 0.481 e. The van der Waals surface area contributed by atoms with Crippen LogP contribution < -0.4 is 0 Å². The third-order valence-corrected chi connectivity index (χ3v) is 4.46. The average Bonchev–Trinajstić information content (AvgIpc) is 3.10. The van der Waals surface area contributed by atoms with Crippen molar-refractivity contribution in [3.63, 3.8) is 0 Å². The van der Waals surface area contributed by atoms with Gasteiger partial charge in [0.2, 0.25) is 5.91 Å². The predicted molar refractivity (Wildman–Crippen MR) is 69.4 cm³/mol. The molecule has 1 saturated carbocycles. The first-order valence-corrected chi connectivity index (χ1v) is 7.15. The zero-order valence-electron chi connectivity index (χ0n) is 10.2. The Morgan fingerprint density at radius 2 is 2.16 bits per heavy atom. The normalized spacial score (nSPS) is 27.6. The van der Waals surface area contributed by atoms with Gasteiger partial charge >= 0.3 is 5.97 Å². The van der Waals surface area contributed by atoms with Crippen molar-refractivity contribution in [1.82, 2.24) is 4.90 Å². The molecule has 0 spiro atoms. The van der Waals surface area contributed by atoms with Gasteiger partial charge in [0.15, 0.2) is 0 Å². The van der Waals surface area contributed by atoms with Crippen LogP contribution >= 0.6 is 15.9 Å². The predicted octanol–water partition coefficient (Wildman–Crippen LogP) is 2.57. The minimum Gasteiger partial charge on any atom is -0.481 e. The summed E-state index contributed by atoms with van der Waals surface area (Å²) in [5.74, 6) is -0.882. The van der Waals surface area contributed by atoms with Gasteiger partial charge < -0.3 is 14.4 Å². The van der Waals surface area contributed by atoms with Gasteiger partial charge in [-0.3, -0.25) is 9.59 Å². The van der Waals surface area contributed by atoms with Crippen molar-refractivity contribution in [2.75, 3.05) is 0 Å². The molecule has 2 atom stereocenters. The smallest absolute Gasteiger partial charge is 0.309 e. The highest BCUT2D eigenvalue weighted by molar-refractivity contribution is 9.10. The Morgan fingerprint density at radius 3 is 2.68 bits per heavy atom. The van der Waals surface area contributed by atoms with E-state index < -0.39 is 17.9 Å². The Morgan fingerprint density at radius 1 is 1.42 bits per heavy atom. The molecule has 0 radical (unpaired) electrons. The number of halogens is 1. The Kier molecular flexibility index (Phi) is 3.12. The molecule has 1 N–H and O–H groups in total. The van der Waals surface area contributed by atoms with E-state index in [-0.39, 0.29) is 11.9 Å². The molecule has 102 valence electrons. The number of rotatable bonds is 3. The van der Waals surface area contributed by atoms with E-state index in [1.807, 2.05) is 0 Å². The maximum atomic E-state index is 12.1. The van der Waals surface area contributed by atoms with Gasteiger partial charge in [0.05, 0.1) is 16.7 Å². The summed E-state index contributed by atoms with van der Waals surface area (Å²) < 4.78 is 6.16. The minimum atomic E-state index is -0.869. The standard InChI is InChI=1S/C13H14BrNO4/c14-9-5-6-19-12(9)11-8(13(17)18)3-4-10(16)15(11)7-1-2-7/h5-8,11H,1-4H2,(H,17,18). The number of carbonyl (C=O) groups excluding carboxylic acids is 1. The first-order chi connectivity index (χ1) is 9.09. The van der Waals surface area contributed by atoms with E-state index in [1.165, 1.54) is 6.26 Å². The van der Waals surface area contributed by atoms with Crippen LogP contribution in [-0.4, -0.2) is 27.9 Å². The molecule has 6 heteroatoms. The minimum absolute atomic E-state index is 0.0355. The molecule has 0 bridgehead atoms. The second-order valence-electron chi connectivity index (χ2n) is 5.09. The van der Waals surface area contributed by atoms with Crippen molar-refractivity contribution in [1.29, 1.82) is 0 Å². The van der Waals surface area contributed by atoms with E-state index >= 15 is 0 Å². The molecule has 1 amide bonds. The third-order valence-electron chi connectivity index (χ3n) is 3.81. The average molecular weight is 328 g/mol. The van der Waals surface area contributed by atoms with Crippen molar-refractivity contribution < 1.29 is 19.1 Å². The molecule has 1 aromatic heterocycles. The monoisotopic (exact) mass is 327 g/mol. The lowest BCUT2D eigenvalue weighted by Crippen LogP contribution is -2.46. The second-order valence-corrected chi connectivity index (χ2v) is 5.95. The number of hydrogen-bond donors (Lipinski definition) is 1. The third kappa shape index (κ3) is 2.18. The SMILES string of the molecule is O=C(O)C1CCC(=O)N(C2CC2)C1c1occc1Br. The molecule has 2 aliphatic rings. The summed E-state index contributed by atoms with van der Waals surface area (Å²) in [7, 11) is 0. The Labute approximate surface area is 118 Å². The molecule has 5 nitrogen and oxygen atoms in total. The van der Waals surface area contributed by atoms with Gasteiger partial charge in [0.1, 0.15) is 11.8 Å². The summed E-state index contributed by atoms with van der Waals surface area (Å²) in [6, 6.07) is 1.42. The zero-order valence-corrected chi connectivity index (χ0v) is 11.8. The summed E-state index contributed by atoms with van der Waals surface area (Å²) in [5.41, 5.74) is 0. The van der Waals surface area contributed by atoms with E-state index in [0.29, 0.717) is 18.6 Å². The van der Waals surface area contributed by atoms with Crippen molar-refractivity contribution in [3.8, 4) is 0 Å². The Bertz CT molecular complexity index is 522. The lowest BCUT2D eigenvalue weighted by Gasteiger charge is -2.38. The van der Waals surface area contributed by atoms with Crippen molar-refractivity contribution in [2.45, 2.75) is 37.8 Å². The highest BCUT2D eigenvalue weighted by atomic mass is 79.9. The number of carbonyl (C=O) groups is 2. The number of nitrogens with zero attached hydrogens (tertiary/aromatic N) is 1. The summed E-state index contributed by atoms with van der Waals surface area (Å²) in [5, 5.41) is 9.41. The van der Waals surface area contributed by atoms with Gasteiger partial charge in [0.25, 0.3) is 0 Å². The number of likely N-dealkylation sites (tertiary alicyclic amines) is 1. The number of hydrogen-bond acceptors (Lipinski definition) is 3. The van der Waals surface area contributed by atoms with Crippen LogP contribution in [0.2, 0.25) is 0 Å². The molecule has 1 aromatic rings. The zero-order chi connectivity index (χ0) is 13.6. The quantitative estimate of drug-likeness (QED) is 0.926. The summed E-state index contributed by atoms with van der Waals surface area (Å²) in [4.78, 5) is 25.3. The van der Waals surface area contributed by atoms with Crippen LogP contribution in [-0.2, 0) is 9.59 Å². The highest BCUT2D eigenvalue weighted by Gasteiger charge is 2.48. The van der Waals surface area contributed by atoms with Gasteiger partial charge in [-0.15, -0.1) is 0 Å². The molecule has 2 unspecified atom stereocenters. The van der Waals surface area contributed by atoms with Gasteiger partial charge in [-0.1, -0.05) is 0 Å². The van der Waals surface area contributed by atoms with Gasteiger partial charge in [-0.2, -0.15) is 0 Å². The van der Waals surface area contributed by atoms with Crippen LogP contribution in [0, 0.1) is 5.92 Å². The van der Waals surface area contributed by atoms with E-state index in [1.54, 1.807) is 11.0 Å². The fraction of sp³-hybridized carbons (Fsp3) is 0.538. The number of furan rings is 1. The Hall–Kier alpha value is -1.30. The van der Waals surface area contributed by atoms with Crippen LogP contribution in [0.5, 0.6) is 0 Å². The number of aliphatic carboxylic acids is 1. The first-order valence-electron chi connectivity index (χ1n) is 6.36. The molecular formula is C13H14BrNO4. The molecular weight excluding hydrogens is 314 g/mol. The number of carboxylic acid groups (broad SMARTS) is 1. The first kappa shape index (κ1) is 12.7. The van der Waals surface area contributed by atoms with E-state index in [0.717, 1.165) is 17.3 Å². The van der Waals surface area contributed by atoms with Gasteiger partial charge in [0, 0.05) is 12.5 Å². The van der Waals surface area contributed by atoms with Crippen molar-refractivity contribution in [2.24, 2.45) is 5.92 Å². The van der Waals surface area contributed by atoms with Gasteiger partial charge in [-0.05, 0) is 41.3 Å². The van der Waals surface area contributed by atoms with Crippen molar-refractivity contribution >= 4 is 27.8 Å².